The molecule has 0 atom stereocenters. The minimum Gasteiger partial charge on any atom is -0.373 e. The summed E-state index contributed by atoms with van der Waals surface area (Å²) >= 11 is 0. The van der Waals surface area contributed by atoms with Crippen LogP contribution in [0.2, 0.25) is 0 Å². The molecule has 0 aliphatic rings. The summed E-state index contributed by atoms with van der Waals surface area (Å²) in [6.07, 6.45) is 2.05. The van der Waals surface area contributed by atoms with E-state index < -0.39 is 8.80 Å². The Balaban J connectivity index is 4.21. The van der Waals surface area contributed by atoms with Crippen molar-refractivity contribution in [1.82, 2.24) is 0 Å². The van der Waals surface area contributed by atoms with E-state index in [1.807, 2.05) is 27.0 Å². The monoisotopic (exact) mass is 256 g/mol. The lowest BCUT2D eigenvalue weighted by Gasteiger charge is -2.27. The van der Waals surface area contributed by atoms with Crippen LogP contribution in [0.1, 0.15) is 20.8 Å². The van der Waals surface area contributed by atoms with Gasteiger partial charge in [-0.2, -0.15) is 0 Å². The minimum atomic E-state index is -2.37. The molecule has 0 saturated heterocycles. The molecule has 0 aliphatic heterocycles. The number of hydrogen-bond donors (Lipinski definition) is 0. The average molecular weight is 256 g/mol. The largest absolute Gasteiger partial charge is 0.512 e. The Morgan fingerprint density at radius 2 is 1.36 bits per heavy atom. The number of rotatable bonds is 9. The molecule has 0 aromatic rings. The van der Waals surface area contributed by atoms with Crippen molar-refractivity contribution in [1.29, 1.82) is 0 Å². The molecule has 0 heterocycles. The van der Waals surface area contributed by atoms with E-state index in [0.717, 1.165) is 5.38 Å². The van der Waals surface area contributed by atoms with E-state index >= 15 is 0 Å². The van der Waals surface area contributed by atoms with Crippen molar-refractivity contribution in [3.63, 3.8) is 0 Å². The second-order valence-corrected chi connectivity index (χ2v) is 8.07. The van der Waals surface area contributed by atoms with Gasteiger partial charge in [0.2, 0.25) is 0 Å². The summed E-state index contributed by atoms with van der Waals surface area (Å²) in [6.45, 7) is 7.89. The molecular formula is C8H20O3S2Si. The highest BCUT2D eigenvalue weighted by molar-refractivity contribution is 8.76. The maximum absolute atomic E-state index is 5.67. The molecule has 86 valence electrons. The molecule has 0 saturated carbocycles. The first-order valence-corrected chi connectivity index (χ1v) is 9.48. The van der Waals surface area contributed by atoms with Crippen LogP contribution in [0.25, 0.3) is 0 Å². The summed E-state index contributed by atoms with van der Waals surface area (Å²) < 4.78 is 17.0. The van der Waals surface area contributed by atoms with Gasteiger partial charge in [-0.3, -0.25) is 0 Å². The lowest BCUT2D eigenvalue weighted by Crippen LogP contribution is -2.49. The van der Waals surface area contributed by atoms with Gasteiger partial charge in [-0.05, 0) is 27.0 Å². The van der Waals surface area contributed by atoms with Gasteiger partial charge in [-0.1, -0.05) is 21.6 Å². The maximum Gasteiger partial charge on any atom is 0.512 e. The fraction of sp³-hybridized carbons (Fsp3) is 1.00. The molecule has 6 heteroatoms. The highest BCUT2D eigenvalue weighted by atomic mass is 33.1. The van der Waals surface area contributed by atoms with Crippen LogP contribution in [-0.2, 0) is 13.3 Å². The van der Waals surface area contributed by atoms with Crippen LogP contribution in [0.3, 0.4) is 0 Å². The third-order valence-electron chi connectivity index (χ3n) is 1.45. The molecule has 0 aliphatic carbocycles. The fourth-order valence-corrected chi connectivity index (χ4v) is 7.02. The first-order valence-electron chi connectivity index (χ1n) is 4.82. The molecule has 0 N–H and O–H groups in total. The van der Waals surface area contributed by atoms with E-state index in [4.69, 9.17) is 13.3 Å². The van der Waals surface area contributed by atoms with Gasteiger partial charge in [0, 0.05) is 19.8 Å². The highest BCUT2D eigenvalue weighted by Crippen LogP contribution is 2.24. The topological polar surface area (TPSA) is 27.7 Å². The molecule has 3 nitrogen and oxygen atoms in total. The van der Waals surface area contributed by atoms with E-state index in [1.54, 1.807) is 21.6 Å². The summed E-state index contributed by atoms with van der Waals surface area (Å²) in [6, 6.07) is 0. The van der Waals surface area contributed by atoms with Crippen LogP contribution >= 0.6 is 21.6 Å². The molecular weight excluding hydrogens is 236 g/mol. The lowest BCUT2D eigenvalue weighted by atomic mass is 10.9. The van der Waals surface area contributed by atoms with Crippen molar-refractivity contribution in [2.75, 3.05) is 31.5 Å². The predicted octanol–water partition coefficient (Wildman–Crippen LogP) is 2.59. The van der Waals surface area contributed by atoms with Gasteiger partial charge in [0.05, 0.1) is 5.38 Å². The minimum absolute atomic E-state index is 0.654. The van der Waals surface area contributed by atoms with E-state index in [9.17, 15) is 0 Å². The first-order chi connectivity index (χ1) is 6.74. The summed E-state index contributed by atoms with van der Waals surface area (Å²) in [5, 5.41) is 0.823. The summed E-state index contributed by atoms with van der Waals surface area (Å²) in [4.78, 5) is 0. The second kappa shape index (κ2) is 9.05. The van der Waals surface area contributed by atoms with Gasteiger partial charge in [0.1, 0.15) is 0 Å². The second-order valence-electron chi connectivity index (χ2n) is 2.41. The van der Waals surface area contributed by atoms with Crippen molar-refractivity contribution < 1.29 is 13.3 Å². The Morgan fingerprint density at radius 1 is 0.929 bits per heavy atom. The van der Waals surface area contributed by atoms with Crippen LogP contribution in [0.4, 0.5) is 0 Å². The van der Waals surface area contributed by atoms with Gasteiger partial charge in [-0.15, -0.1) is 0 Å². The smallest absolute Gasteiger partial charge is 0.373 e. The normalized spacial score (nSPS) is 12.0. The van der Waals surface area contributed by atoms with Crippen LogP contribution < -0.4 is 0 Å². The molecule has 0 unspecified atom stereocenters. The quantitative estimate of drug-likeness (QED) is 0.467. The molecule has 0 rings (SSSR count). The summed E-state index contributed by atoms with van der Waals surface area (Å²) in [5.74, 6) is 0. The van der Waals surface area contributed by atoms with Gasteiger partial charge in [0.15, 0.2) is 0 Å². The van der Waals surface area contributed by atoms with Crippen molar-refractivity contribution >= 4 is 30.4 Å². The van der Waals surface area contributed by atoms with Crippen LogP contribution in [0.15, 0.2) is 0 Å². The Labute approximate surface area is 96.0 Å². The van der Waals surface area contributed by atoms with E-state index in [1.165, 1.54) is 0 Å². The van der Waals surface area contributed by atoms with Crippen molar-refractivity contribution in [2.45, 2.75) is 20.8 Å². The van der Waals surface area contributed by atoms with E-state index in [2.05, 4.69) is 0 Å². The van der Waals surface area contributed by atoms with Gasteiger partial charge >= 0.3 is 8.80 Å². The van der Waals surface area contributed by atoms with Crippen molar-refractivity contribution in [3.05, 3.63) is 0 Å². The molecule has 0 bridgehead atoms. The summed E-state index contributed by atoms with van der Waals surface area (Å²) in [5.41, 5.74) is 0. The fourth-order valence-electron chi connectivity index (χ4n) is 1.04. The lowest BCUT2D eigenvalue weighted by molar-refractivity contribution is 0.0774. The average Bonchev–Trinajstić information content (AvgIpc) is 2.16. The Morgan fingerprint density at radius 3 is 1.64 bits per heavy atom. The van der Waals surface area contributed by atoms with Crippen LogP contribution in [0.5, 0.6) is 0 Å². The van der Waals surface area contributed by atoms with Crippen LogP contribution in [0, 0.1) is 0 Å². The van der Waals surface area contributed by atoms with Crippen molar-refractivity contribution in [3.8, 4) is 0 Å². The Hall–Kier alpha value is 0.797. The maximum atomic E-state index is 5.67. The first kappa shape index (κ1) is 14.8. The Bertz CT molecular complexity index is 121. The third kappa shape index (κ3) is 5.62. The molecule has 0 aromatic carbocycles. The van der Waals surface area contributed by atoms with Crippen molar-refractivity contribution in [2.24, 2.45) is 0 Å². The standard InChI is InChI=1S/C8H20O3S2Si/c1-5-9-14(10-6-2,11-7-3)8-13-12-4/h5-8H2,1-4H3. The van der Waals surface area contributed by atoms with Gasteiger partial charge < -0.3 is 13.3 Å². The number of hydrogen-bond acceptors (Lipinski definition) is 5. The molecule has 0 amide bonds. The van der Waals surface area contributed by atoms with Gasteiger partial charge in [-0.25, -0.2) is 0 Å². The zero-order chi connectivity index (χ0) is 10.9. The SMILES string of the molecule is CCO[Si](CSSC)(OCC)OCC. The zero-order valence-electron chi connectivity index (χ0n) is 9.37. The Kier molecular flexibility index (Phi) is 9.57. The third-order valence-corrected chi connectivity index (χ3v) is 7.52. The molecule has 14 heavy (non-hydrogen) atoms. The highest BCUT2D eigenvalue weighted by Gasteiger charge is 2.40. The van der Waals surface area contributed by atoms with E-state index in [-0.39, 0.29) is 0 Å². The van der Waals surface area contributed by atoms with Gasteiger partial charge in [0.25, 0.3) is 0 Å². The van der Waals surface area contributed by atoms with E-state index in [0.29, 0.717) is 19.8 Å². The van der Waals surface area contributed by atoms with Crippen LogP contribution in [-0.4, -0.2) is 40.3 Å². The molecule has 0 radical (unpaired) electrons. The molecule has 0 aromatic heterocycles. The summed E-state index contributed by atoms with van der Waals surface area (Å²) in [7, 11) is 1.08. The molecule has 0 fully saturated rings. The molecule has 0 spiro atoms. The zero-order valence-corrected chi connectivity index (χ0v) is 12.0. The predicted molar refractivity (Wildman–Crippen MR) is 66.6 cm³/mol.